The molecule has 31 nitrogen and oxygen atoms in total. The summed E-state index contributed by atoms with van der Waals surface area (Å²) in [6.07, 6.45) is 23.7. The van der Waals surface area contributed by atoms with Crippen molar-refractivity contribution in [3.05, 3.63) is 228 Å². The number of hydrogen-bond donors (Lipinski definition) is 1. The summed E-state index contributed by atoms with van der Waals surface area (Å²) in [4.78, 5) is 63.0. The number of halogens is 8. The Balaban J connectivity index is 0.000000146. The number of rotatable bonds is 12. The molecule has 23 rings (SSSR count). The Morgan fingerprint density at radius 2 is 0.917 bits per heavy atom. The third kappa shape index (κ3) is 29.3. The van der Waals surface area contributed by atoms with Gasteiger partial charge in [-0.05, 0) is 313 Å². The topological polar surface area (TPSA) is 347 Å². The minimum absolute atomic E-state index is 0. The normalized spacial score (nSPS) is 16.8. The molecule has 15 aromatic rings. The van der Waals surface area contributed by atoms with Gasteiger partial charge in [0.2, 0.25) is 11.8 Å². The molecule has 2 aliphatic carbocycles. The molecule has 6 fully saturated rings. The first kappa shape index (κ1) is 115. The van der Waals surface area contributed by atoms with E-state index >= 15 is 0 Å². The summed E-state index contributed by atoms with van der Waals surface area (Å²) in [7, 11) is 2.60. The molecule has 4 saturated heterocycles. The maximum absolute atomic E-state index is 11.2. The summed E-state index contributed by atoms with van der Waals surface area (Å²) in [5.74, 6) is 3.51. The molecule has 0 unspecified atom stereocenters. The number of benzene rings is 6. The van der Waals surface area contributed by atoms with Crippen LogP contribution in [0.25, 0.3) is 88.5 Å². The van der Waals surface area contributed by atoms with Gasteiger partial charge in [-0.2, -0.15) is 17.3 Å². The largest absolute Gasteiger partial charge is 1.00 e. The Bertz CT molecular complexity index is 6890. The standard InChI is InChI=1S/C21H20N6.C15H19BN2O3.C12H24B2O4.C12H13BrN4.C10H15N.C9H7BrN2O.C8H4BrClN2.C8H5BrN2O.C4H8O.CH3O.Cl3OP.Na/c1-13-16-11-14(4-7-17(16)23-12-22-13)21-20(24-19-3-2-9-26(19)21)18-8-10-27(25-18)15-5-6-15;1-14(2)15(3,4)21-16(20-14)10-6-7-12-11(8-10)13(19-5)18-9-17-12;1-9(2)10(3,4)16-13(15-9)14-17-11(5,6)12(7,8)18-14;13-12-11(14-10-2-1-6-16(10)12)9-5-7-17(15-9)8-3-4-8;1-3-11(4-2)10-8-6-5-7-9-10;1-13-9-7-4-6(10)2-3-8(7)11-5-12-9;9-5-1-2-7-6(3-5)8(10)12-4-11-7;9-5-1-2-7-6(3-5)8(12)11-4-10-7;1-2-4-5-3-1;1-2;1-5(2,3)4;/h4,7-8,10-12,15H,2-3,5-6,9H2,1H3;6-9H,1-5H3;1-8H3;5,7-8H,1-4,6H2;5-9H,3-4H2,1-2H3;2-5H,1H3;1-4H;1-4H,(H,10,11,12);1-4H2;1H3;;/q;;;;;;;;;-1;;+1. The maximum Gasteiger partial charge on any atom is 1.00 e. The first-order chi connectivity index (χ1) is 68.1. The molecule has 0 radical (unpaired) electrons. The number of nitrogens with one attached hydrogen (secondary N) is 1. The molecule has 2 saturated carbocycles. The summed E-state index contributed by atoms with van der Waals surface area (Å²) in [5, 5.41) is 19.3. The number of hydrogen-bond acceptors (Lipinski definition) is 26. The molecule has 756 valence electrons. The van der Waals surface area contributed by atoms with Crippen LogP contribution in [0.15, 0.2) is 200 Å². The van der Waals surface area contributed by atoms with Crippen molar-refractivity contribution in [1.82, 2.24) is 88.5 Å². The minimum atomic E-state index is -3.22. The second-order valence-corrected chi connectivity index (χ2v) is 47.9. The molecule has 0 amide bonds. The fourth-order valence-electron chi connectivity index (χ4n) is 15.9. The second kappa shape index (κ2) is 50.7. The molecule has 6 aromatic carbocycles. The van der Waals surface area contributed by atoms with Gasteiger partial charge in [0.1, 0.15) is 69.5 Å². The van der Waals surface area contributed by atoms with Crippen LogP contribution in [0.3, 0.4) is 0 Å². The summed E-state index contributed by atoms with van der Waals surface area (Å²) < 4.78 is 73.6. The average molecular weight is 2330 g/mol. The number of aryl methyl sites for hydroxylation is 3. The molecule has 44 heteroatoms. The Morgan fingerprint density at radius 3 is 1.40 bits per heavy atom. The smallest absolute Gasteiger partial charge is 0.857 e. The van der Waals surface area contributed by atoms with E-state index in [2.05, 4.69) is 257 Å². The van der Waals surface area contributed by atoms with Gasteiger partial charge in [-0.15, -0.1) is 0 Å². The van der Waals surface area contributed by atoms with Crippen LogP contribution in [0.4, 0.5) is 5.69 Å². The number of imidazole rings is 2. The number of anilines is 1. The first-order valence-corrected chi connectivity index (χ1v) is 55.2. The van der Waals surface area contributed by atoms with Crippen molar-refractivity contribution < 1.29 is 81.4 Å². The average Bonchev–Trinajstić information content (AvgIpc) is 1.60. The van der Waals surface area contributed by atoms with Gasteiger partial charge < -0.3 is 66.3 Å². The number of aromatic amines is 1. The van der Waals surface area contributed by atoms with E-state index < -0.39 is 26.3 Å². The predicted molar refractivity (Wildman–Crippen MR) is 582 cm³/mol. The van der Waals surface area contributed by atoms with E-state index in [1.165, 1.54) is 93.3 Å². The van der Waals surface area contributed by atoms with Gasteiger partial charge in [-0.25, -0.2) is 54.8 Å². The van der Waals surface area contributed by atoms with E-state index in [0.717, 1.165) is 167 Å². The van der Waals surface area contributed by atoms with Gasteiger partial charge in [0.05, 0.1) is 116 Å². The molecule has 0 atom stereocenters. The molecule has 0 bridgehead atoms. The number of ether oxygens (including phenoxy) is 3. The Morgan fingerprint density at radius 1 is 0.500 bits per heavy atom. The van der Waals surface area contributed by atoms with Crippen LogP contribution in [0.5, 0.6) is 11.8 Å². The molecule has 9 aromatic heterocycles. The maximum atomic E-state index is 11.2. The number of para-hydroxylation sites is 1. The third-order valence-corrected chi connectivity index (χ3v) is 28.6. The zero-order valence-electron chi connectivity index (χ0n) is 84.4. The van der Waals surface area contributed by atoms with Crippen LogP contribution in [0.1, 0.15) is 178 Å². The first-order valence-electron chi connectivity index (χ1n) is 47.2. The molecule has 144 heavy (non-hydrogen) atoms. The zero-order valence-corrected chi connectivity index (χ0v) is 96.6. The zero-order chi connectivity index (χ0) is 103. The number of aromatic nitrogens is 18. The van der Waals surface area contributed by atoms with Crippen LogP contribution in [-0.4, -0.2) is 191 Å². The van der Waals surface area contributed by atoms with E-state index in [-0.39, 0.29) is 68.7 Å². The van der Waals surface area contributed by atoms with Crippen molar-refractivity contribution in [1.29, 1.82) is 0 Å². The molecule has 15 heterocycles. The number of H-pyrrole nitrogens is 1. The minimum Gasteiger partial charge on any atom is -0.857 e. The Kier molecular flexibility index (Phi) is 40.5. The Labute approximate surface area is 916 Å². The van der Waals surface area contributed by atoms with Crippen LogP contribution in [0, 0.1) is 6.92 Å². The predicted octanol–water partition coefficient (Wildman–Crippen LogP) is 20.2. The number of fused-ring (bicyclic) bond motifs is 7. The molecule has 8 aliphatic rings. The van der Waals surface area contributed by atoms with Crippen LogP contribution in [-0.2, 0) is 63.2 Å². The van der Waals surface area contributed by atoms with Gasteiger partial charge in [0.15, 0.2) is 0 Å². The van der Waals surface area contributed by atoms with Crippen molar-refractivity contribution in [3.8, 4) is 45.8 Å². The number of nitrogens with zero attached hydrogens (tertiary/aromatic N) is 18. The monoisotopic (exact) mass is 2320 g/mol. The van der Waals surface area contributed by atoms with Gasteiger partial charge in [0, 0.05) is 106 Å². The molecular formula is C100H118B3Br4Cl4N19NaO12P. The molecule has 1 N–H and O–H groups in total. The fourth-order valence-corrected chi connectivity index (χ4v) is 17.8. The fraction of sp³-hybridized carbons (Fsp3) is 0.420. The van der Waals surface area contributed by atoms with Crippen molar-refractivity contribution in [3.63, 3.8) is 0 Å². The van der Waals surface area contributed by atoms with Crippen LogP contribution >= 0.6 is 114 Å². The summed E-state index contributed by atoms with van der Waals surface area (Å²) >= 11 is 33.4. The van der Waals surface area contributed by atoms with Crippen LogP contribution < -0.4 is 60.1 Å². The number of methoxy groups -OCH3 is 2. The third-order valence-electron chi connectivity index (χ3n) is 26.0. The van der Waals surface area contributed by atoms with Gasteiger partial charge in [-0.3, -0.25) is 18.7 Å². The van der Waals surface area contributed by atoms with Gasteiger partial charge in [-0.1, -0.05) is 89.7 Å². The van der Waals surface area contributed by atoms with Crippen LogP contribution in [0.2, 0.25) is 5.15 Å². The van der Waals surface area contributed by atoms with E-state index in [9.17, 15) is 9.36 Å². The summed E-state index contributed by atoms with van der Waals surface area (Å²) in [6.45, 7) is 37.0. The van der Waals surface area contributed by atoms with Crippen molar-refractivity contribution in [2.24, 2.45) is 0 Å². The van der Waals surface area contributed by atoms with Gasteiger partial charge >= 0.3 is 55.9 Å². The quantitative estimate of drug-likeness (QED) is 0.0674. The Hall–Kier alpha value is -7.76. The molecular weight excluding hydrogens is 2210 g/mol. The SMILES string of the molecule is Brc1c(-c2ccn(C3CC3)n2)nc2n1CCC2.C1CCOC1.CC1(C)OB(B2OC(C)(C)C(C)(C)O2)OC1(C)C.CCN(CC)c1ccccc1.COc1ncnc2ccc(B3OC(C)(C)C(C)(C)O3)cc12.COc1ncnc2ccc(Br)cc12.C[O-].Cc1ncnc2ccc(-c3c(-c4ccn(C5CC5)n4)nc4n3CCC4)cc12.Clc1ncnc2ccc(Br)cc12.O=P(Cl)(Cl)Cl.O=c1[nH]cnc2ccc(Br)cc12.[Na+]. The van der Waals surface area contributed by atoms with E-state index in [4.69, 9.17) is 73.9 Å². The molecule has 0 spiro atoms. The van der Waals surface area contributed by atoms with Crippen molar-refractivity contribution in [2.75, 3.05) is 52.5 Å². The van der Waals surface area contributed by atoms with E-state index in [0.29, 0.717) is 39.9 Å². The molecule has 6 aliphatic heterocycles. The summed E-state index contributed by atoms with van der Waals surface area (Å²) in [6, 6.07) is 45.1. The van der Waals surface area contributed by atoms with E-state index in [1.807, 2.05) is 157 Å². The van der Waals surface area contributed by atoms with Gasteiger partial charge in [0.25, 0.3) is 5.56 Å². The second-order valence-electron chi connectivity index (χ2n) is 37.4. The summed E-state index contributed by atoms with van der Waals surface area (Å²) in [5.41, 5.74) is 11.6. The van der Waals surface area contributed by atoms with Crippen molar-refractivity contribution >= 4 is 201 Å². The van der Waals surface area contributed by atoms with E-state index in [1.54, 1.807) is 32.7 Å². The van der Waals surface area contributed by atoms with Crippen molar-refractivity contribution in [2.45, 2.75) is 227 Å².